The number of carbonyl (C=O) groups is 2. The molecule has 6 nitrogen and oxygen atoms in total. The molecule has 0 bridgehead atoms. The summed E-state index contributed by atoms with van der Waals surface area (Å²) in [6.45, 7) is 1.85. The van der Waals surface area contributed by atoms with Crippen LogP contribution in [-0.4, -0.2) is 23.0 Å². The molecule has 1 heterocycles. The zero-order valence-corrected chi connectivity index (χ0v) is 12.5. The zero-order chi connectivity index (χ0) is 16.3. The van der Waals surface area contributed by atoms with Gasteiger partial charge in [-0.2, -0.15) is 0 Å². The highest BCUT2D eigenvalue weighted by atomic mass is 32.1. The predicted octanol–water partition coefficient (Wildman–Crippen LogP) is 2.35. The number of aromatic nitrogens is 1. The van der Waals surface area contributed by atoms with Crippen molar-refractivity contribution in [2.45, 2.75) is 25.8 Å². The number of anilines is 1. The van der Waals surface area contributed by atoms with Crippen molar-refractivity contribution >= 4 is 38.6 Å². The molecule has 1 unspecified atom stereocenters. The molecule has 0 spiro atoms. The summed E-state index contributed by atoms with van der Waals surface area (Å²) in [5, 5.41) is 5.04. The quantitative estimate of drug-likeness (QED) is 0.786. The lowest BCUT2D eigenvalue weighted by molar-refractivity contribution is -0.118. The summed E-state index contributed by atoms with van der Waals surface area (Å²) >= 11 is 1.01. The molecule has 0 aliphatic heterocycles. The molecule has 0 fully saturated rings. The van der Waals surface area contributed by atoms with Gasteiger partial charge in [0.25, 0.3) is 0 Å². The van der Waals surface area contributed by atoms with Gasteiger partial charge in [0, 0.05) is 6.07 Å². The lowest BCUT2D eigenvalue weighted by Crippen LogP contribution is -2.46. The van der Waals surface area contributed by atoms with Gasteiger partial charge in [-0.25, -0.2) is 18.6 Å². The first kappa shape index (κ1) is 16.1. The summed E-state index contributed by atoms with van der Waals surface area (Å²) in [6.07, 6.45) is 1.07. The van der Waals surface area contributed by atoms with E-state index in [9.17, 15) is 18.4 Å². The Morgan fingerprint density at radius 3 is 2.68 bits per heavy atom. The topological polar surface area (TPSA) is 97.1 Å². The normalized spacial score (nSPS) is 12.1. The average Bonchev–Trinajstić information content (AvgIpc) is 2.79. The number of rotatable bonds is 5. The molecule has 0 aliphatic rings. The van der Waals surface area contributed by atoms with Crippen molar-refractivity contribution in [1.82, 2.24) is 10.3 Å². The Labute approximate surface area is 128 Å². The predicted molar refractivity (Wildman–Crippen MR) is 79.6 cm³/mol. The van der Waals surface area contributed by atoms with Crippen molar-refractivity contribution < 1.29 is 18.4 Å². The second-order valence-electron chi connectivity index (χ2n) is 4.59. The van der Waals surface area contributed by atoms with Crippen molar-refractivity contribution in [2.75, 3.05) is 5.32 Å². The van der Waals surface area contributed by atoms with E-state index in [0.29, 0.717) is 17.5 Å². The molecular formula is C13H14F2N4O2S. The first-order valence-electron chi connectivity index (χ1n) is 6.53. The van der Waals surface area contributed by atoms with Crippen LogP contribution in [0.2, 0.25) is 0 Å². The fraction of sp³-hybridized carbons (Fsp3) is 0.308. The Hall–Kier alpha value is -2.29. The summed E-state index contributed by atoms with van der Waals surface area (Å²) in [5.41, 5.74) is 5.27. The van der Waals surface area contributed by atoms with E-state index in [1.54, 1.807) is 0 Å². The van der Waals surface area contributed by atoms with E-state index < -0.39 is 29.6 Å². The Morgan fingerprint density at radius 1 is 1.36 bits per heavy atom. The monoisotopic (exact) mass is 328 g/mol. The maximum atomic E-state index is 13.1. The van der Waals surface area contributed by atoms with Crippen molar-refractivity contribution in [3.05, 3.63) is 23.8 Å². The molecule has 3 amide bonds. The third-order valence-electron chi connectivity index (χ3n) is 2.87. The summed E-state index contributed by atoms with van der Waals surface area (Å²) in [7, 11) is 0. The highest BCUT2D eigenvalue weighted by Crippen LogP contribution is 2.27. The average molecular weight is 328 g/mol. The van der Waals surface area contributed by atoms with Crippen LogP contribution in [0.4, 0.5) is 18.7 Å². The number of amides is 3. The number of urea groups is 1. The highest BCUT2D eigenvalue weighted by molar-refractivity contribution is 7.22. The SMILES string of the molecule is CCCC(NC(N)=O)C(=O)Nc1nc2cc(F)c(F)cc2s1. The number of hydrogen-bond acceptors (Lipinski definition) is 4. The number of halogens is 2. The first-order chi connectivity index (χ1) is 10.4. The minimum Gasteiger partial charge on any atom is -0.352 e. The molecule has 2 rings (SSSR count). The van der Waals surface area contributed by atoms with E-state index in [2.05, 4.69) is 15.6 Å². The van der Waals surface area contributed by atoms with Gasteiger partial charge in [0.2, 0.25) is 5.91 Å². The molecule has 1 aromatic heterocycles. The minimum absolute atomic E-state index is 0.192. The fourth-order valence-corrected chi connectivity index (χ4v) is 2.77. The van der Waals surface area contributed by atoms with Crippen LogP contribution in [-0.2, 0) is 4.79 Å². The molecule has 22 heavy (non-hydrogen) atoms. The largest absolute Gasteiger partial charge is 0.352 e. The maximum Gasteiger partial charge on any atom is 0.312 e. The van der Waals surface area contributed by atoms with Crippen molar-refractivity contribution in [1.29, 1.82) is 0 Å². The fourth-order valence-electron chi connectivity index (χ4n) is 1.90. The van der Waals surface area contributed by atoms with Crippen LogP contribution in [0.15, 0.2) is 12.1 Å². The molecule has 2 aromatic rings. The number of nitrogens with two attached hydrogens (primary N) is 1. The van der Waals surface area contributed by atoms with E-state index in [0.717, 1.165) is 23.5 Å². The second kappa shape index (κ2) is 6.65. The Bertz CT molecular complexity index is 680. The van der Waals surface area contributed by atoms with Gasteiger partial charge in [0.15, 0.2) is 16.8 Å². The third-order valence-corrected chi connectivity index (χ3v) is 3.80. The molecule has 0 radical (unpaired) electrons. The molecule has 0 saturated carbocycles. The number of primary amides is 1. The second-order valence-corrected chi connectivity index (χ2v) is 5.62. The number of benzene rings is 1. The van der Waals surface area contributed by atoms with Gasteiger partial charge in [-0.05, 0) is 12.5 Å². The van der Waals surface area contributed by atoms with Gasteiger partial charge < -0.3 is 16.4 Å². The maximum absolute atomic E-state index is 13.1. The Kier molecular flexibility index (Phi) is 4.86. The van der Waals surface area contributed by atoms with Crippen molar-refractivity contribution in [3.8, 4) is 0 Å². The molecule has 1 aromatic carbocycles. The number of carbonyl (C=O) groups excluding carboxylic acids is 2. The first-order valence-corrected chi connectivity index (χ1v) is 7.34. The van der Waals surface area contributed by atoms with Crippen LogP contribution < -0.4 is 16.4 Å². The summed E-state index contributed by atoms with van der Waals surface area (Å²) in [6, 6.07) is 0.385. The van der Waals surface area contributed by atoms with Crippen LogP contribution in [0.3, 0.4) is 0 Å². The smallest absolute Gasteiger partial charge is 0.312 e. The number of nitrogens with one attached hydrogen (secondary N) is 2. The van der Waals surface area contributed by atoms with Gasteiger partial charge in [-0.3, -0.25) is 4.79 Å². The van der Waals surface area contributed by atoms with Crippen LogP contribution >= 0.6 is 11.3 Å². The van der Waals surface area contributed by atoms with E-state index in [1.165, 1.54) is 0 Å². The summed E-state index contributed by atoms with van der Waals surface area (Å²) in [5.74, 6) is -2.47. The Balaban J connectivity index is 2.18. The van der Waals surface area contributed by atoms with E-state index in [-0.39, 0.29) is 10.6 Å². The van der Waals surface area contributed by atoms with Crippen molar-refractivity contribution in [3.63, 3.8) is 0 Å². The number of nitrogens with zero attached hydrogens (tertiary/aromatic N) is 1. The van der Waals surface area contributed by atoms with Gasteiger partial charge in [-0.1, -0.05) is 24.7 Å². The minimum atomic E-state index is -1.00. The van der Waals surface area contributed by atoms with E-state index in [1.807, 2.05) is 6.92 Å². The highest BCUT2D eigenvalue weighted by Gasteiger charge is 2.20. The molecule has 0 aliphatic carbocycles. The van der Waals surface area contributed by atoms with Crippen LogP contribution in [0.25, 0.3) is 10.2 Å². The standard InChI is InChI=1S/C13H14F2N4O2S/c1-2-3-8(17-12(16)21)11(20)19-13-18-9-4-6(14)7(15)5-10(9)22-13/h4-5,8H,2-3H2,1H3,(H3,16,17,21)(H,18,19,20). The lowest BCUT2D eigenvalue weighted by atomic mass is 10.1. The summed E-state index contributed by atoms with van der Waals surface area (Å²) in [4.78, 5) is 27.0. The third kappa shape index (κ3) is 3.67. The number of thiazole rings is 1. The molecule has 118 valence electrons. The van der Waals surface area contributed by atoms with Crippen molar-refractivity contribution in [2.24, 2.45) is 5.73 Å². The molecule has 0 saturated heterocycles. The van der Waals surface area contributed by atoms with Gasteiger partial charge in [0.1, 0.15) is 6.04 Å². The van der Waals surface area contributed by atoms with Gasteiger partial charge >= 0.3 is 6.03 Å². The van der Waals surface area contributed by atoms with Crippen LogP contribution in [0.1, 0.15) is 19.8 Å². The molecule has 1 atom stereocenters. The van der Waals surface area contributed by atoms with Gasteiger partial charge in [0.05, 0.1) is 10.2 Å². The van der Waals surface area contributed by atoms with E-state index in [4.69, 9.17) is 5.73 Å². The molecular weight excluding hydrogens is 314 g/mol. The Morgan fingerprint density at radius 2 is 2.05 bits per heavy atom. The number of hydrogen-bond donors (Lipinski definition) is 3. The molecule has 9 heteroatoms. The lowest BCUT2D eigenvalue weighted by Gasteiger charge is -2.15. The van der Waals surface area contributed by atoms with Crippen LogP contribution in [0.5, 0.6) is 0 Å². The number of fused-ring (bicyclic) bond motifs is 1. The van der Waals surface area contributed by atoms with Gasteiger partial charge in [-0.15, -0.1) is 0 Å². The van der Waals surface area contributed by atoms with Crippen LogP contribution in [0, 0.1) is 11.6 Å². The molecule has 4 N–H and O–H groups in total. The zero-order valence-electron chi connectivity index (χ0n) is 11.7. The van der Waals surface area contributed by atoms with E-state index >= 15 is 0 Å². The summed E-state index contributed by atoms with van der Waals surface area (Å²) < 4.78 is 26.7.